The van der Waals surface area contributed by atoms with Crippen molar-refractivity contribution in [3.8, 4) is 5.88 Å². The Morgan fingerprint density at radius 2 is 2.08 bits per heavy atom. The molecule has 0 N–H and O–H groups in total. The molecule has 6 nitrogen and oxygen atoms in total. The summed E-state index contributed by atoms with van der Waals surface area (Å²) in [7, 11) is 1.56. The number of halogens is 4. The Balaban J connectivity index is 1.68. The first-order chi connectivity index (χ1) is 11.8. The first-order valence-electron chi connectivity index (χ1n) is 7.42. The summed E-state index contributed by atoms with van der Waals surface area (Å²) in [5, 5.41) is 4.00. The van der Waals surface area contributed by atoms with Gasteiger partial charge in [-0.3, -0.25) is 4.79 Å². The predicted molar refractivity (Wildman–Crippen MR) is 87.7 cm³/mol. The second-order valence-electron chi connectivity index (χ2n) is 5.63. The first-order valence-corrected chi connectivity index (χ1v) is 8.21. The van der Waals surface area contributed by atoms with Gasteiger partial charge in [-0.15, -0.1) is 0 Å². The molecular weight excluding hydrogens is 405 g/mol. The van der Waals surface area contributed by atoms with E-state index in [-0.39, 0.29) is 17.5 Å². The van der Waals surface area contributed by atoms with Crippen molar-refractivity contribution in [2.75, 3.05) is 18.0 Å². The van der Waals surface area contributed by atoms with Crippen molar-refractivity contribution < 1.29 is 17.9 Å². The Labute approximate surface area is 149 Å². The Morgan fingerprint density at radius 1 is 1.32 bits per heavy atom. The lowest BCUT2D eigenvalue weighted by Crippen LogP contribution is -2.28. The van der Waals surface area contributed by atoms with Gasteiger partial charge in [0.05, 0.1) is 24.0 Å². The summed E-state index contributed by atoms with van der Waals surface area (Å²) >= 11 is 3.28. The number of aryl methyl sites for hydroxylation is 1. The highest BCUT2D eigenvalue weighted by molar-refractivity contribution is 9.10. The number of pyridine rings is 1. The van der Waals surface area contributed by atoms with Crippen molar-refractivity contribution in [1.29, 1.82) is 0 Å². The van der Waals surface area contributed by atoms with Gasteiger partial charge in [-0.25, -0.2) is 9.67 Å². The molecule has 1 atom stereocenters. The maximum Gasteiger partial charge on any atom is 0.417 e. The van der Waals surface area contributed by atoms with Crippen LogP contribution in [0.1, 0.15) is 12.0 Å². The van der Waals surface area contributed by atoms with E-state index in [9.17, 15) is 18.0 Å². The summed E-state index contributed by atoms with van der Waals surface area (Å²) < 4.78 is 44.9. The van der Waals surface area contributed by atoms with Crippen LogP contribution in [-0.4, -0.2) is 34.0 Å². The minimum absolute atomic E-state index is 0.140. The molecule has 1 saturated heterocycles. The molecule has 1 aliphatic rings. The van der Waals surface area contributed by atoms with E-state index in [0.717, 1.165) is 12.3 Å². The van der Waals surface area contributed by atoms with Crippen LogP contribution in [0.15, 0.2) is 33.8 Å². The predicted octanol–water partition coefficient (Wildman–Crippen LogP) is 2.61. The zero-order valence-electron chi connectivity index (χ0n) is 13.1. The molecule has 3 rings (SSSR count). The number of alkyl halides is 3. The molecule has 134 valence electrons. The lowest BCUT2D eigenvalue weighted by molar-refractivity contribution is -0.137. The van der Waals surface area contributed by atoms with Crippen LogP contribution in [0.2, 0.25) is 0 Å². The van der Waals surface area contributed by atoms with Crippen LogP contribution < -0.4 is 15.2 Å². The third kappa shape index (κ3) is 3.78. The van der Waals surface area contributed by atoms with Crippen molar-refractivity contribution >= 4 is 21.6 Å². The maximum atomic E-state index is 12.5. The smallest absolute Gasteiger partial charge is 0.417 e. The number of nitrogens with zero attached hydrogens (tertiary/aromatic N) is 4. The summed E-state index contributed by atoms with van der Waals surface area (Å²) in [5.41, 5.74) is -0.399. The Hall–Kier alpha value is -2.10. The number of hydrogen-bond acceptors (Lipinski definition) is 5. The fourth-order valence-electron chi connectivity index (χ4n) is 2.55. The molecule has 0 radical (unpaired) electrons. The summed E-state index contributed by atoms with van der Waals surface area (Å²) in [6.45, 7) is 1.12. The van der Waals surface area contributed by atoms with Crippen LogP contribution >= 0.6 is 15.9 Å². The van der Waals surface area contributed by atoms with E-state index in [2.05, 4.69) is 26.0 Å². The van der Waals surface area contributed by atoms with Gasteiger partial charge in [0.1, 0.15) is 10.6 Å². The molecule has 1 unspecified atom stereocenters. The van der Waals surface area contributed by atoms with Gasteiger partial charge in [0, 0.05) is 32.3 Å². The zero-order valence-corrected chi connectivity index (χ0v) is 14.7. The summed E-state index contributed by atoms with van der Waals surface area (Å²) in [4.78, 5) is 17.6. The molecule has 0 saturated carbocycles. The zero-order chi connectivity index (χ0) is 18.2. The Bertz CT molecular complexity index is 823. The van der Waals surface area contributed by atoms with Gasteiger partial charge < -0.3 is 9.64 Å². The third-order valence-electron chi connectivity index (χ3n) is 3.90. The quantitative estimate of drug-likeness (QED) is 0.766. The minimum atomic E-state index is -4.42. The van der Waals surface area contributed by atoms with E-state index in [1.165, 1.54) is 10.7 Å². The van der Waals surface area contributed by atoms with E-state index in [1.54, 1.807) is 13.2 Å². The molecule has 3 heterocycles. The van der Waals surface area contributed by atoms with Crippen LogP contribution in [-0.2, 0) is 13.2 Å². The van der Waals surface area contributed by atoms with Crippen LogP contribution in [0, 0.1) is 0 Å². The molecule has 0 aliphatic carbocycles. The Kier molecular flexibility index (Phi) is 4.72. The molecule has 0 aromatic carbocycles. The molecule has 2 aromatic rings. The van der Waals surface area contributed by atoms with Crippen molar-refractivity contribution in [2.45, 2.75) is 18.7 Å². The minimum Gasteiger partial charge on any atom is -0.472 e. The highest BCUT2D eigenvalue weighted by Gasteiger charge is 2.31. The van der Waals surface area contributed by atoms with Crippen molar-refractivity contribution in [3.63, 3.8) is 0 Å². The van der Waals surface area contributed by atoms with E-state index >= 15 is 0 Å². The summed E-state index contributed by atoms with van der Waals surface area (Å²) in [5.74, 6) is 0.140. The van der Waals surface area contributed by atoms with Gasteiger partial charge in [-0.1, -0.05) is 0 Å². The van der Waals surface area contributed by atoms with Gasteiger partial charge in [-0.05, 0) is 22.0 Å². The van der Waals surface area contributed by atoms with Gasteiger partial charge in [0.25, 0.3) is 5.56 Å². The highest BCUT2D eigenvalue weighted by atomic mass is 79.9. The van der Waals surface area contributed by atoms with Crippen LogP contribution in [0.5, 0.6) is 5.88 Å². The lowest BCUT2D eigenvalue weighted by atomic mass is 10.3. The van der Waals surface area contributed by atoms with E-state index in [4.69, 9.17) is 4.74 Å². The second-order valence-corrected chi connectivity index (χ2v) is 6.42. The summed E-state index contributed by atoms with van der Waals surface area (Å²) in [6, 6.07) is 2.15. The monoisotopic (exact) mass is 418 g/mol. The number of aromatic nitrogens is 3. The number of rotatable bonds is 3. The molecule has 1 aliphatic heterocycles. The van der Waals surface area contributed by atoms with Crippen molar-refractivity contribution in [3.05, 3.63) is 44.9 Å². The topological polar surface area (TPSA) is 60.3 Å². The maximum absolute atomic E-state index is 12.5. The fourth-order valence-corrected chi connectivity index (χ4v) is 3.16. The number of ether oxygens (including phenoxy) is 1. The van der Waals surface area contributed by atoms with Gasteiger partial charge in [-0.2, -0.15) is 18.3 Å². The van der Waals surface area contributed by atoms with Gasteiger partial charge >= 0.3 is 6.18 Å². The SMILES string of the molecule is Cn1ncc(N2CCC(Oc3ccc(C(F)(F)F)cn3)C2)c(Br)c1=O. The normalized spacial score (nSPS) is 17.8. The average molecular weight is 419 g/mol. The van der Waals surface area contributed by atoms with E-state index < -0.39 is 11.7 Å². The Morgan fingerprint density at radius 3 is 2.72 bits per heavy atom. The standard InChI is InChI=1S/C15H14BrF3N4O2/c1-22-14(24)13(16)11(7-21-22)23-5-4-10(8-23)25-12-3-2-9(6-20-12)15(17,18)19/h2-3,6-7,10H,4-5,8H2,1H3. The number of hydrogen-bond donors (Lipinski definition) is 0. The largest absolute Gasteiger partial charge is 0.472 e. The van der Waals surface area contributed by atoms with Crippen LogP contribution in [0.3, 0.4) is 0 Å². The van der Waals surface area contributed by atoms with Gasteiger partial charge in [0.2, 0.25) is 5.88 Å². The molecule has 0 spiro atoms. The average Bonchev–Trinajstić information content (AvgIpc) is 3.00. The molecule has 0 bridgehead atoms. The fraction of sp³-hybridized carbons (Fsp3) is 0.400. The number of anilines is 1. The van der Waals surface area contributed by atoms with Crippen LogP contribution in [0.25, 0.3) is 0 Å². The second kappa shape index (κ2) is 6.66. The summed E-state index contributed by atoms with van der Waals surface area (Å²) in [6.07, 6.45) is -1.66. The van der Waals surface area contributed by atoms with E-state index in [1.807, 2.05) is 4.90 Å². The third-order valence-corrected chi connectivity index (χ3v) is 4.64. The molecule has 1 fully saturated rings. The first kappa shape index (κ1) is 17.7. The lowest BCUT2D eigenvalue weighted by Gasteiger charge is -2.19. The molecule has 10 heteroatoms. The van der Waals surface area contributed by atoms with Crippen molar-refractivity contribution in [2.24, 2.45) is 7.05 Å². The molecule has 2 aromatic heterocycles. The molecule has 0 amide bonds. The molecule has 25 heavy (non-hydrogen) atoms. The molecular formula is C15H14BrF3N4O2. The van der Waals surface area contributed by atoms with Crippen LogP contribution in [0.4, 0.5) is 18.9 Å². The van der Waals surface area contributed by atoms with Crippen molar-refractivity contribution in [1.82, 2.24) is 14.8 Å². The highest BCUT2D eigenvalue weighted by Crippen LogP contribution is 2.30. The van der Waals surface area contributed by atoms with E-state index in [0.29, 0.717) is 29.7 Å². The van der Waals surface area contributed by atoms with Gasteiger partial charge in [0.15, 0.2) is 0 Å².